The van der Waals surface area contributed by atoms with E-state index in [0.29, 0.717) is 44.0 Å². The molecule has 2 aromatic rings. The maximum absolute atomic E-state index is 13.7. The third kappa shape index (κ3) is 6.59. The number of hydrogen-bond donors (Lipinski definition) is 2. The van der Waals surface area contributed by atoms with E-state index in [1.165, 1.54) is 6.07 Å². The van der Waals surface area contributed by atoms with Crippen LogP contribution in [0.5, 0.6) is 0 Å². The highest BCUT2D eigenvalue weighted by Gasteiger charge is 2.47. The molecule has 0 unspecified atom stereocenters. The highest BCUT2D eigenvalue weighted by atomic mass is 19.4. The quantitative estimate of drug-likeness (QED) is 0.531. The van der Waals surface area contributed by atoms with Crippen LogP contribution in [0.3, 0.4) is 0 Å². The van der Waals surface area contributed by atoms with Crippen LogP contribution in [0.25, 0.3) is 0 Å². The highest BCUT2D eigenvalue weighted by Crippen LogP contribution is 2.38. The second-order valence-electron chi connectivity index (χ2n) is 8.90. The lowest BCUT2D eigenvalue weighted by Gasteiger charge is -2.29. The van der Waals surface area contributed by atoms with Gasteiger partial charge >= 0.3 is 6.18 Å². The van der Waals surface area contributed by atoms with E-state index in [0.717, 1.165) is 29.9 Å². The van der Waals surface area contributed by atoms with Crippen molar-refractivity contribution in [3.05, 3.63) is 47.5 Å². The van der Waals surface area contributed by atoms with Crippen LogP contribution in [-0.4, -0.2) is 49.4 Å². The van der Waals surface area contributed by atoms with Crippen LogP contribution in [0.1, 0.15) is 31.2 Å². The number of amides is 1. The lowest BCUT2D eigenvalue weighted by atomic mass is 10.0. The molecule has 35 heavy (non-hydrogen) atoms. The summed E-state index contributed by atoms with van der Waals surface area (Å²) >= 11 is 0. The van der Waals surface area contributed by atoms with Crippen LogP contribution in [0.2, 0.25) is 0 Å². The maximum atomic E-state index is 13.7. The van der Waals surface area contributed by atoms with Crippen molar-refractivity contribution in [2.24, 2.45) is 5.92 Å². The molecule has 11 heteroatoms. The van der Waals surface area contributed by atoms with Gasteiger partial charge in [0.2, 0.25) is 5.91 Å². The number of carbonyl (C=O) groups is 1. The fourth-order valence-electron chi connectivity index (χ4n) is 4.52. The minimum Gasteiger partial charge on any atom is -0.381 e. The van der Waals surface area contributed by atoms with Crippen molar-refractivity contribution in [1.29, 1.82) is 0 Å². The van der Waals surface area contributed by atoms with E-state index in [-0.39, 0.29) is 36.5 Å². The molecule has 2 saturated heterocycles. The molecule has 0 bridgehead atoms. The molecule has 1 aromatic carbocycles. The molecule has 2 fully saturated rings. The Bertz CT molecular complexity index is 1020. The molecule has 4 rings (SSSR count). The summed E-state index contributed by atoms with van der Waals surface area (Å²) in [6.45, 7) is 2.09. The van der Waals surface area contributed by atoms with Crippen LogP contribution in [0, 0.1) is 17.6 Å². The summed E-state index contributed by atoms with van der Waals surface area (Å²) in [5.41, 5.74) is 0.221. The summed E-state index contributed by atoms with van der Waals surface area (Å²) in [5, 5.41) is 5.77. The topological polar surface area (TPSA) is 66.5 Å². The molecule has 0 spiro atoms. The zero-order valence-electron chi connectivity index (χ0n) is 19.0. The number of rotatable bonds is 7. The summed E-state index contributed by atoms with van der Waals surface area (Å²) in [5.74, 6) is -1.47. The molecule has 2 aliphatic heterocycles. The average molecular weight is 498 g/mol. The molecular formula is C24H27F5N4O2. The Hall–Kier alpha value is -2.95. The first-order valence-corrected chi connectivity index (χ1v) is 11.6. The molecule has 190 valence electrons. The molecule has 0 radical (unpaired) electrons. The van der Waals surface area contributed by atoms with Crippen LogP contribution >= 0.6 is 0 Å². The number of pyridine rings is 1. The zero-order chi connectivity index (χ0) is 25.0. The summed E-state index contributed by atoms with van der Waals surface area (Å²) in [6.07, 6.45) is -2.76. The number of aromatic nitrogens is 1. The van der Waals surface area contributed by atoms with E-state index >= 15 is 0 Å². The van der Waals surface area contributed by atoms with Crippen molar-refractivity contribution in [1.82, 2.24) is 4.98 Å². The van der Waals surface area contributed by atoms with Gasteiger partial charge in [-0.1, -0.05) is 0 Å². The lowest BCUT2D eigenvalue weighted by Crippen LogP contribution is -2.42. The average Bonchev–Trinajstić information content (AvgIpc) is 3.29. The molecule has 1 aromatic heterocycles. The highest BCUT2D eigenvalue weighted by molar-refractivity contribution is 5.95. The van der Waals surface area contributed by atoms with E-state index in [4.69, 9.17) is 4.74 Å². The van der Waals surface area contributed by atoms with E-state index in [9.17, 15) is 26.7 Å². The zero-order valence-corrected chi connectivity index (χ0v) is 19.0. The van der Waals surface area contributed by atoms with E-state index < -0.39 is 29.8 Å². The number of alkyl halides is 3. The molecule has 3 heterocycles. The number of carbonyl (C=O) groups excluding carboxylic acids is 1. The van der Waals surface area contributed by atoms with Gasteiger partial charge in [0.1, 0.15) is 23.5 Å². The van der Waals surface area contributed by atoms with Gasteiger partial charge in [0.15, 0.2) is 5.82 Å². The fourth-order valence-corrected chi connectivity index (χ4v) is 4.52. The molecule has 1 amide bonds. The molecule has 0 aliphatic carbocycles. The minimum atomic E-state index is -4.45. The number of anilines is 3. The van der Waals surface area contributed by atoms with Gasteiger partial charge in [-0.25, -0.2) is 13.8 Å². The van der Waals surface area contributed by atoms with Crippen molar-refractivity contribution in [2.45, 2.75) is 44.3 Å². The molecule has 1 atom stereocenters. The Morgan fingerprint density at radius 3 is 2.49 bits per heavy atom. The normalized spacial score (nSPS) is 19.1. The second-order valence-corrected chi connectivity index (χ2v) is 8.90. The SMILES string of the molecule is O=C(Cc1cc(F)cc(F)c1)Nc1ccc(NCC2CCOCC2)nc1N1CCC[C@H]1C(F)(F)F. The summed E-state index contributed by atoms with van der Waals surface area (Å²) in [6, 6.07) is 4.15. The smallest absolute Gasteiger partial charge is 0.381 e. The number of hydrogen-bond acceptors (Lipinski definition) is 5. The van der Waals surface area contributed by atoms with Crippen LogP contribution < -0.4 is 15.5 Å². The summed E-state index contributed by atoms with van der Waals surface area (Å²) in [4.78, 5) is 18.2. The Morgan fingerprint density at radius 1 is 1.09 bits per heavy atom. The van der Waals surface area contributed by atoms with Gasteiger partial charge in [0, 0.05) is 32.4 Å². The van der Waals surface area contributed by atoms with E-state index in [2.05, 4.69) is 15.6 Å². The lowest BCUT2D eigenvalue weighted by molar-refractivity contribution is -0.146. The number of nitrogens with zero attached hydrogens (tertiary/aromatic N) is 2. The first-order valence-electron chi connectivity index (χ1n) is 11.6. The summed E-state index contributed by atoms with van der Waals surface area (Å²) in [7, 11) is 0. The van der Waals surface area contributed by atoms with Gasteiger partial charge in [-0.2, -0.15) is 13.2 Å². The minimum absolute atomic E-state index is 0.0144. The van der Waals surface area contributed by atoms with Crippen molar-refractivity contribution in [3.8, 4) is 0 Å². The number of halogens is 5. The Labute approximate surface area is 199 Å². The number of benzene rings is 1. The largest absolute Gasteiger partial charge is 0.408 e. The third-order valence-corrected chi connectivity index (χ3v) is 6.25. The third-order valence-electron chi connectivity index (χ3n) is 6.25. The summed E-state index contributed by atoms with van der Waals surface area (Å²) < 4.78 is 73.4. The maximum Gasteiger partial charge on any atom is 0.408 e. The van der Waals surface area contributed by atoms with Gasteiger partial charge in [0.25, 0.3) is 0 Å². The van der Waals surface area contributed by atoms with Crippen molar-refractivity contribution in [3.63, 3.8) is 0 Å². The van der Waals surface area contributed by atoms with Gasteiger partial charge in [-0.15, -0.1) is 0 Å². The molecular weight excluding hydrogens is 471 g/mol. The predicted octanol–water partition coefficient (Wildman–Crippen LogP) is 4.91. The first-order chi connectivity index (χ1) is 16.7. The second kappa shape index (κ2) is 10.8. The molecule has 6 nitrogen and oxygen atoms in total. The number of nitrogens with one attached hydrogen (secondary N) is 2. The Kier molecular flexibility index (Phi) is 7.73. The van der Waals surface area contributed by atoms with Crippen LogP contribution in [0.15, 0.2) is 30.3 Å². The van der Waals surface area contributed by atoms with Crippen molar-refractivity contribution >= 4 is 23.2 Å². The van der Waals surface area contributed by atoms with Crippen LogP contribution in [-0.2, 0) is 16.0 Å². The monoisotopic (exact) mass is 498 g/mol. The Morgan fingerprint density at radius 2 is 1.80 bits per heavy atom. The molecule has 2 aliphatic rings. The van der Waals surface area contributed by atoms with E-state index in [1.807, 2.05) is 0 Å². The fraction of sp³-hybridized carbons (Fsp3) is 0.500. The standard InChI is InChI=1S/C24H27F5N4O2/c25-17-10-16(11-18(26)13-17)12-22(34)31-19-3-4-21(30-14-15-5-8-35-9-6-15)32-23(19)33-7-1-2-20(33)24(27,28)29/h3-4,10-11,13,15,20H,1-2,5-9,12,14H2,(H,30,32)(H,31,34)/t20-/m0/s1. The Balaban J connectivity index is 1.55. The van der Waals surface area contributed by atoms with Gasteiger partial charge in [-0.05, 0) is 61.4 Å². The van der Waals surface area contributed by atoms with Crippen molar-refractivity contribution < 1.29 is 31.5 Å². The van der Waals surface area contributed by atoms with Gasteiger partial charge in [0.05, 0.1) is 12.1 Å². The first kappa shape index (κ1) is 25.2. The van der Waals surface area contributed by atoms with Crippen LogP contribution in [0.4, 0.5) is 39.3 Å². The van der Waals surface area contributed by atoms with Crippen molar-refractivity contribution in [2.75, 3.05) is 41.8 Å². The molecule has 0 saturated carbocycles. The van der Waals surface area contributed by atoms with E-state index in [1.54, 1.807) is 6.07 Å². The number of ether oxygens (including phenoxy) is 1. The van der Waals surface area contributed by atoms with Gasteiger partial charge in [-0.3, -0.25) is 4.79 Å². The molecule has 2 N–H and O–H groups in total. The predicted molar refractivity (Wildman–Crippen MR) is 121 cm³/mol. The van der Waals surface area contributed by atoms with Gasteiger partial charge < -0.3 is 20.3 Å².